The molecule has 18 heavy (non-hydrogen) atoms. The molecule has 2 fully saturated rings. The monoisotopic (exact) mass is 256 g/mol. The molecule has 0 aliphatic carbocycles. The van der Waals surface area contributed by atoms with E-state index in [2.05, 4.69) is 5.32 Å². The summed E-state index contributed by atoms with van der Waals surface area (Å²) < 4.78 is 11.1. The van der Waals surface area contributed by atoms with Gasteiger partial charge in [0, 0.05) is 26.2 Å². The van der Waals surface area contributed by atoms with Gasteiger partial charge < -0.3 is 19.7 Å². The third-order valence-electron chi connectivity index (χ3n) is 3.50. The van der Waals surface area contributed by atoms with E-state index in [1.54, 1.807) is 0 Å². The number of ether oxygens (including phenoxy) is 2. The molecule has 0 aromatic carbocycles. The van der Waals surface area contributed by atoms with E-state index in [1.807, 2.05) is 4.90 Å². The van der Waals surface area contributed by atoms with Gasteiger partial charge in [-0.05, 0) is 32.2 Å². The smallest absolute Gasteiger partial charge is 0.248 e. The van der Waals surface area contributed by atoms with Crippen molar-refractivity contribution >= 4 is 5.91 Å². The molecule has 0 aromatic rings. The Balaban J connectivity index is 1.61. The van der Waals surface area contributed by atoms with Crippen LogP contribution in [0, 0.1) is 0 Å². The molecule has 2 aliphatic heterocycles. The van der Waals surface area contributed by atoms with Crippen molar-refractivity contribution in [1.29, 1.82) is 0 Å². The molecule has 0 unspecified atom stereocenters. The molecular formula is C13H24N2O3. The Bertz CT molecular complexity index is 247. The summed E-state index contributed by atoms with van der Waals surface area (Å²) in [6.07, 6.45) is 4.63. The van der Waals surface area contributed by atoms with E-state index in [-0.39, 0.29) is 18.6 Å². The van der Waals surface area contributed by atoms with Gasteiger partial charge in [-0.25, -0.2) is 0 Å². The lowest BCUT2D eigenvalue weighted by atomic mass is 10.1. The second kappa shape index (κ2) is 7.71. The maximum atomic E-state index is 11.9. The molecular weight excluding hydrogens is 232 g/mol. The van der Waals surface area contributed by atoms with Crippen LogP contribution >= 0.6 is 0 Å². The van der Waals surface area contributed by atoms with Crippen LogP contribution < -0.4 is 5.32 Å². The van der Waals surface area contributed by atoms with E-state index in [1.165, 1.54) is 6.42 Å². The van der Waals surface area contributed by atoms with Gasteiger partial charge in [-0.3, -0.25) is 4.79 Å². The van der Waals surface area contributed by atoms with Crippen LogP contribution in [0.2, 0.25) is 0 Å². The summed E-state index contributed by atoms with van der Waals surface area (Å²) in [4.78, 5) is 13.8. The minimum absolute atomic E-state index is 0.106. The first-order valence-electron chi connectivity index (χ1n) is 7.04. The molecule has 5 heteroatoms. The molecule has 1 N–H and O–H groups in total. The number of nitrogens with zero attached hydrogens (tertiary/aromatic N) is 1. The summed E-state index contributed by atoms with van der Waals surface area (Å²) in [7, 11) is 0. The Hall–Kier alpha value is -0.650. The van der Waals surface area contributed by atoms with Gasteiger partial charge in [0.15, 0.2) is 0 Å². The third-order valence-corrected chi connectivity index (χ3v) is 3.50. The van der Waals surface area contributed by atoms with Crippen LogP contribution in [0.3, 0.4) is 0 Å². The predicted octanol–water partition coefficient (Wildman–Crippen LogP) is 0.394. The Kier molecular flexibility index (Phi) is 5.90. The highest BCUT2D eigenvalue weighted by Gasteiger charge is 2.17. The van der Waals surface area contributed by atoms with Crippen LogP contribution in [-0.2, 0) is 14.3 Å². The van der Waals surface area contributed by atoms with Gasteiger partial charge in [-0.1, -0.05) is 0 Å². The molecule has 2 saturated heterocycles. The van der Waals surface area contributed by atoms with Crippen LogP contribution in [0.25, 0.3) is 0 Å². The minimum Gasteiger partial charge on any atom is -0.376 e. The molecule has 0 spiro atoms. The Labute approximate surface area is 109 Å². The van der Waals surface area contributed by atoms with E-state index in [0.717, 1.165) is 52.0 Å². The van der Waals surface area contributed by atoms with Crippen molar-refractivity contribution in [2.45, 2.75) is 31.8 Å². The van der Waals surface area contributed by atoms with Crippen molar-refractivity contribution in [2.24, 2.45) is 0 Å². The van der Waals surface area contributed by atoms with Gasteiger partial charge in [0.1, 0.15) is 6.61 Å². The Morgan fingerprint density at radius 2 is 2.22 bits per heavy atom. The number of nitrogens with one attached hydrogen (secondary N) is 1. The van der Waals surface area contributed by atoms with Crippen LogP contribution in [0.4, 0.5) is 0 Å². The van der Waals surface area contributed by atoms with E-state index in [9.17, 15) is 4.79 Å². The zero-order valence-corrected chi connectivity index (χ0v) is 11.0. The summed E-state index contributed by atoms with van der Waals surface area (Å²) in [5.41, 5.74) is 0. The largest absolute Gasteiger partial charge is 0.376 e. The molecule has 0 saturated carbocycles. The molecule has 2 heterocycles. The number of rotatable bonds is 4. The minimum atomic E-state index is 0.106. The van der Waals surface area contributed by atoms with Gasteiger partial charge in [0.25, 0.3) is 0 Å². The summed E-state index contributed by atoms with van der Waals surface area (Å²) in [6, 6.07) is 0. The van der Waals surface area contributed by atoms with Gasteiger partial charge in [0.2, 0.25) is 5.91 Å². The average Bonchev–Trinajstić information content (AvgIpc) is 2.69. The SMILES string of the molecule is O=C(COC[C@@H]1CCCCO1)N1CCCNCC1. The molecule has 2 aliphatic rings. The number of hydrogen-bond donors (Lipinski definition) is 1. The first kappa shape index (κ1) is 13.8. The lowest BCUT2D eigenvalue weighted by Gasteiger charge is -2.23. The number of hydrogen-bond acceptors (Lipinski definition) is 4. The van der Waals surface area contributed by atoms with Crippen LogP contribution in [0.1, 0.15) is 25.7 Å². The van der Waals surface area contributed by atoms with Crippen molar-refractivity contribution < 1.29 is 14.3 Å². The standard InChI is InChI=1S/C13H24N2O3/c16-13(15-7-3-5-14-6-8-15)11-17-10-12-4-1-2-9-18-12/h12,14H,1-11H2/t12-/m0/s1. The molecule has 0 aromatic heterocycles. The van der Waals surface area contributed by atoms with Crippen molar-refractivity contribution in [3.63, 3.8) is 0 Å². The normalized spacial score (nSPS) is 25.8. The zero-order valence-electron chi connectivity index (χ0n) is 11.0. The number of carbonyl (C=O) groups is 1. The number of carbonyl (C=O) groups excluding carboxylic acids is 1. The lowest BCUT2D eigenvalue weighted by Crippen LogP contribution is -2.37. The van der Waals surface area contributed by atoms with E-state index in [0.29, 0.717) is 6.61 Å². The molecule has 1 atom stereocenters. The molecule has 104 valence electrons. The van der Waals surface area contributed by atoms with E-state index < -0.39 is 0 Å². The first-order valence-corrected chi connectivity index (χ1v) is 7.04. The molecule has 2 rings (SSSR count). The van der Waals surface area contributed by atoms with Crippen molar-refractivity contribution in [2.75, 3.05) is 46.0 Å². The van der Waals surface area contributed by atoms with Crippen LogP contribution in [-0.4, -0.2) is 62.9 Å². The third kappa shape index (κ3) is 4.55. The number of amides is 1. The second-order valence-electron chi connectivity index (χ2n) is 4.99. The highest BCUT2D eigenvalue weighted by molar-refractivity contribution is 5.77. The summed E-state index contributed by atoms with van der Waals surface area (Å²) >= 11 is 0. The topological polar surface area (TPSA) is 50.8 Å². The summed E-state index contributed by atoms with van der Waals surface area (Å²) in [5, 5.41) is 3.29. The predicted molar refractivity (Wildman–Crippen MR) is 68.5 cm³/mol. The average molecular weight is 256 g/mol. The van der Waals surface area contributed by atoms with Gasteiger partial charge >= 0.3 is 0 Å². The van der Waals surface area contributed by atoms with Crippen molar-refractivity contribution in [3.8, 4) is 0 Å². The maximum absolute atomic E-state index is 11.9. The van der Waals surface area contributed by atoms with E-state index in [4.69, 9.17) is 9.47 Å². The fourth-order valence-electron chi connectivity index (χ4n) is 2.40. The fraction of sp³-hybridized carbons (Fsp3) is 0.923. The molecule has 1 amide bonds. The summed E-state index contributed by atoms with van der Waals surface area (Å²) in [5.74, 6) is 0.106. The van der Waals surface area contributed by atoms with Crippen molar-refractivity contribution in [3.05, 3.63) is 0 Å². The fourth-order valence-corrected chi connectivity index (χ4v) is 2.40. The van der Waals surface area contributed by atoms with Gasteiger partial charge in [0.05, 0.1) is 12.7 Å². The van der Waals surface area contributed by atoms with Crippen molar-refractivity contribution in [1.82, 2.24) is 10.2 Å². The first-order chi connectivity index (χ1) is 8.86. The maximum Gasteiger partial charge on any atom is 0.248 e. The highest BCUT2D eigenvalue weighted by Crippen LogP contribution is 2.12. The zero-order chi connectivity index (χ0) is 12.6. The highest BCUT2D eigenvalue weighted by atomic mass is 16.5. The Morgan fingerprint density at radius 1 is 1.28 bits per heavy atom. The quantitative estimate of drug-likeness (QED) is 0.791. The van der Waals surface area contributed by atoms with E-state index >= 15 is 0 Å². The molecule has 0 radical (unpaired) electrons. The van der Waals surface area contributed by atoms with Gasteiger partial charge in [-0.15, -0.1) is 0 Å². The van der Waals surface area contributed by atoms with Crippen LogP contribution in [0.5, 0.6) is 0 Å². The summed E-state index contributed by atoms with van der Waals surface area (Å²) in [6.45, 7) is 5.10. The van der Waals surface area contributed by atoms with Gasteiger partial charge in [-0.2, -0.15) is 0 Å². The lowest BCUT2D eigenvalue weighted by molar-refractivity contribution is -0.138. The molecule has 5 nitrogen and oxygen atoms in total. The molecule has 0 bridgehead atoms. The van der Waals surface area contributed by atoms with Crippen LogP contribution in [0.15, 0.2) is 0 Å². The Morgan fingerprint density at radius 3 is 3.06 bits per heavy atom. The second-order valence-corrected chi connectivity index (χ2v) is 4.99.